The van der Waals surface area contributed by atoms with Gasteiger partial charge < -0.3 is 4.74 Å². The molecule has 0 radical (unpaired) electrons. The van der Waals surface area contributed by atoms with Crippen molar-refractivity contribution < 1.29 is 17.9 Å². The van der Waals surface area contributed by atoms with E-state index in [1.165, 1.54) is 22.5 Å². The molecule has 0 bridgehead atoms. The number of esters is 1. The quantitative estimate of drug-likeness (QED) is 0.500. The minimum Gasteiger partial charge on any atom is -0.423 e. The zero-order chi connectivity index (χ0) is 18.7. The van der Waals surface area contributed by atoms with Crippen LogP contribution in [0, 0.1) is 0 Å². The predicted octanol–water partition coefficient (Wildman–Crippen LogP) is 4.50. The molecule has 1 saturated heterocycles. The summed E-state index contributed by atoms with van der Waals surface area (Å²) in [5.74, 6) is -0.271. The molecule has 1 aliphatic rings. The van der Waals surface area contributed by atoms with Gasteiger partial charge in [0, 0.05) is 17.6 Å². The third-order valence-corrected chi connectivity index (χ3v) is 7.03. The summed E-state index contributed by atoms with van der Waals surface area (Å²) in [6.45, 7) is 0.929. The van der Waals surface area contributed by atoms with Gasteiger partial charge in [-0.1, -0.05) is 34.0 Å². The Morgan fingerprint density at radius 3 is 2.35 bits per heavy atom. The number of ether oxygens (including phenoxy) is 1. The van der Waals surface area contributed by atoms with E-state index in [2.05, 4.69) is 15.9 Å². The van der Waals surface area contributed by atoms with E-state index in [1.54, 1.807) is 24.3 Å². The third-order valence-electron chi connectivity index (χ3n) is 4.12. The molecule has 0 aromatic heterocycles. The first-order valence-corrected chi connectivity index (χ1v) is 10.8. The lowest BCUT2D eigenvalue weighted by molar-refractivity contribution is 0.0734. The van der Waals surface area contributed by atoms with Gasteiger partial charge in [0.15, 0.2) is 0 Å². The Bertz CT molecular complexity index is 909. The van der Waals surface area contributed by atoms with Gasteiger partial charge >= 0.3 is 5.97 Å². The average molecular weight is 459 g/mol. The summed E-state index contributed by atoms with van der Waals surface area (Å²) in [5, 5.41) is 0.0933. The van der Waals surface area contributed by atoms with Crippen molar-refractivity contribution in [2.45, 2.75) is 24.2 Å². The van der Waals surface area contributed by atoms with Gasteiger partial charge in [-0.05, 0) is 55.3 Å². The lowest BCUT2D eigenvalue weighted by Crippen LogP contribution is -2.35. The minimum absolute atomic E-state index is 0.0636. The number of halogens is 2. The molecule has 3 rings (SSSR count). The van der Waals surface area contributed by atoms with Gasteiger partial charge in [-0.2, -0.15) is 4.31 Å². The van der Waals surface area contributed by atoms with Gasteiger partial charge in [0.05, 0.1) is 10.6 Å². The number of carbonyl (C=O) groups excluding carboxylic acids is 1. The summed E-state index contributed by atoms with van der Waals surface area (Å²) in [6, 6.07) is 10.9. The van der Waals surface area contributed by atoms with Crippen LogP contribution in [-0.2, 0) is 10.0 Å². The Morgan fingerprint density at radius 2 is 1.69 bits per heavy atom. The number of piperidine rings is 1. The Hall–Kier alpha value is -1.41. The zero-order valence-corrected chi connectivity index (χ0v) is 17.0. The highest BCUT2D eigenvalue weighted by molar-refractivity contribution is 9.10. The molecule has 0 N–H and O–H groups in total. The molecule has 0 atom stereocenters. The number of nitrogens with zero attached hydrogens (tertiary/aromatic N) is 1. The molecule has 0 spiro atoms. The summed E-state index contributed by atoms with van der Waals surface area (Å²) >= 11 is 9.43. The Balaban J connectivity index is 1.87. The van der Waals surface area contributed by atoms with Crippen molar-refractivity contribution in [2.24, 2.45) is 0 Å². The van der Waals surface area contributed by atoms with Crippen molar-refractivity contribution in [3.8, 4) is 5.75 Å². The van der Waals surface area contributed by atoms with Crippen LogP contribution in [0.2, 0.25) is 5.02 Å². The van der Waals surface area contributed by atoms with Crippen molar-refractivity contribution in [3.63, 3.8) is 0 Å². The van der Waals surface area contributed by atoms with E-state index < -0.39 is 16.0 Å². The van der Waals surface area contributed by atoms with Gasteiger partial charge in [-0.3, -0.25) is 0 Å². The molecule has 0 amide bonds. The summed E-state index contributed by atoms with van der Waals surface area (Å²) in [4.78, 5) is 12.3. The largest absolute Gasteiger partial charge is 0.423 e. The molecule has 0 saturated carbocycles. The third kappa shape index (κ3) is 4.28. The van der Waals surface area contributed by atoms with Gasteiger partial charge in [0.2, 0.25) is 10.0 Å². The van der Waals surface area contributed by atoms with E-state index in [0.29, 0.717) is 18.8 Å². The number of rotatable bonds is 4. The molecule has 2 aromatic carbocycles. The predicted molar refractivity (Wildman–Crippen MR) is 103 cm³/mol. The van der Waals surface area contributed by atoms with Crippen molar-refractivity contribution in [1.29, 1.82) is 0 Å². The summed E-state index contributed by atoms with van der Waals surface area (Å²) in [6.07, 6.45) is 2.66. The van der Waals surface area contributed by atoms with E-state index in [1.807, 2.05) is 0 Å². The van der Waals surface area contributed by atoms with Crippen molar-refractivity contribution in [3.05, 3.63) is 57.5 Å². The van der Waals surface area contributed by atoms with Gasteiger partial charge in [-0.25, -0.2) is 13.2 Å². The second-order valence-corrected chi connectivity index (χ2v) is 9.18. The second kappa shape index (κ2) is 8.08. The number of benzene rings is 2. The summed E-state index contributed by atoms with van der Waals surface area (Å²) < 4.78 is 33.3. The Labute approximate surface area is 166 Å². The fourth-order valence-electron chi connectivity index (χ4n) is 2.74. The first kappa shape index (κ1) is 19.4. The molecule has 0 aliphatic carbocycles. The molecule has 0 unspecified atom stereocenters. The van der Waals surface area contributed by atoms with Crippen molar-refractivity contribution in [1.82, 2.24) is 4.31 Å². The minimum atomic E-state index is -3.74. The SMILES string of the molecule is O=C(Oc1ccc(Br)cc1)c1ccc(Cl)c(S(=O)(=O)N2CCCCC2)c1. The monoisotopic (exact) mass is 457 g/mol. The maximum Gasteiger partial charge on any atom is 0.343 e. The van der Waals surface area contributed by atoms with Crippen LogP contribution in [0.15, 0.2) is 51.8 Å². The second-order valence-electron chi connectivity index (χ2n) is 5.95. The molecule has 26 heavy (non-hydrogen) atoms. The van der Waals surface area contributed by atoms with Crippen LogP contribution in [0.3, 0.4) is 0 Å². The van der Waals surface area contributed by atoms with Gasteiger partial charge in [-0.15, -0.1) is 0 Å². The topological polar surface area (TPSA) is 63.7 Å². The Kier molecular flexibility index (Phi) is 6.02. The number of hydrogen-bond acceptors (Lipinski definition) is 4. The number of sulfonamides is 1. The lowest BCUT2D eigenvalue weighted by Gasteiger charge is -2.26. The van der Waals surface area contributed by atoms with E-state index in [-0.39, 0.29) is 15.5 Å². The van der Waals surface area contributed by atoms with E-state index in [9.17, 15) is 13.2 Å². The maximum atomic E-state index is 12.9. The van der Waals surface area contributed by atoms with Crippen LogP contribution >= 0.6 is 27.5 Å². The van der Waals surface area contributed by atoms with Crippen LogP contribution in [0.4, 0.5) is 0 Å². The van der Waals surface area contributed by atoms with Crippen molar-refractivity contribution in [2.75, 3.05) is 13.1 Å². The zero-order valence-electron chi connectivity index (χ0n) is 13.8. The maximum absolute atomic E-state index is 12.9. The van der Waals surface area contributed by atoms with Gasteiger partial charge in [0.1, 0.15) is 10.6 Å². The standard InChI is InChI=1S/C18H17BrClNO4S/c19-14-5-7-15(8-6-14)25-18(22)13-4-9-16(20)17(12-13)26(23,24)21-10-2-1-3-11-21/h4-9,12H,1-3,10-11H2. The van der Waals surface area contributed by atoms with Gasteiger partial charge in [0.25, 0.3) is 0 Å². The van der Waals surface area contributed by atoms with Crippen LogP contribution in [-0.4, -0.2) is 31.8 Å². The highest BCUT2D eigenvalue weighted by Gasteiger charge is 2.29. The van der Waals surface area contributed by atoms with Crippen molar-refractivity contribution >= 4 is 43.5 Å². The van der Waals surface area contributed by atoms with Crippen LogP contribution < -0.4 is 4.74 Å². The molecular formula is C18H17BrClNO4S. The fraction of sp³-hybridized carbons (Fsp3) is 0.278. The molecule has 138 valence electrons. The highest BCUT2D eigenvalue weighted by Crippen LogP contribution is 2.28. The molecule has 8 heteroatoms. The smallest absolute Gasteiger partial charge is 0.343 e. The fourth-order valence-corrected chi connectivity index (χ4v) is 5.02. The first-order chi connectivity index (χ1) is 12.4. The lowest BCUT2D eigenvalue weighted by atomic mass is 10.2. The molecule has 1 fully saturated rings. The van der Waals surface area contributed by atoms with E-state index >= 15 is 0 Å². The Morgan fingerprint density at radius 1 is 1.04 bits per heavy atom. The van der Waals surface area contributed by atoms with Crippen LogP contribution in [0.25, 0.3) is 0 Å². The highest BCUT2D eigenvalue weighted by atomic mass is 79.9. The van der Waals surface area contributed by atoms with E-state index in [0.717, 1.165) is 23.7 Å². The molecule has 1 aliphatic heterocycles. The molecular weight excluding hydrogens is 442 g/mol. The van der Waals surface area contributed by atoms with E-state index in [4.69, 9.17) is 16.3 Å². The summed E-state index contributed by atoms with van der Waals surface area (Å²) in [5.41, 5.74) is 0.132. The van der Waals surface area contributed by atoms with Crippen LogP contribution in [0.1, 0.15) is 29.6 Å². The molecule has 1 heterocycles. The van der Waals surface area contributed by atoms with Crippen LogP contribution in [0.5, 0.6) is 5.75 Å². The molecule has 5 nitrogen and oxygen atoms in total. The summed E-state index contributed by atoms with van der Waals surface area (Å²) in [7, 11) is -3.74. The first-order valence-electron chi connectivity index (χ1n) is 8.15. The molecule has 2 aromatic rings. The number of hydrogen-bond donors (Lipinski definition) is 0. The normalized spacial score (nSPS) is 15.6. The average Bonchev–Trinajstić information content (AvgIpc) is 2.64. The number of carbonyl (C=O) groups is 1.